The number of halogens is 4. The molecule has 0 rings (SSSR count). The second kappa shape index (κ2) is 11.2. The van der Waals surface area contributed by atoms with Crippen molar-refractivity contribution in [2.75, 3.05) is 6.61 Å². The molecule has 102 valence electrons. The van der Waals surface area contributed by atoms with Crippen LogP contribution in [0.4, 0.5) is 17.6 Å². The van der Waals surface area contributed by atoms with Gasteiger partial charge in [0.1, 0.15) is 0 Å². The van der Waals surface area contributed by atoms with Gasteiger partial charge in [-0.3, -0.25) is 9.59 Å². The zero-order valence-electron chi connectivity index (χ0n) is 9.17. The van der Waals surface area contributed by atoms with Crippen molar-refractivity contribution in [1.82, 2.24) is 0 Å². The highest BCUT2D eigenvalue weighted by Crippen LogP contribution is 2.01. The molecule has 0 saturated heterocycles. The van der Waals surface area contributed by atoms with Crippen molar-refractivity contribution in [3.05, 3.63) is 0 Å². The number of carboxylic acids is 1. The van der Waals surface area contributed by atoms with E-state index in [-0.39, 0.29) is 6.42 Å². The van der Waals surface area contributed by atoms with Gasteiger partial charge in [0.25, 0.3) is 6.43 Å². The summed E-state index contributed by atoms with van der Waals surface area (Å²) in [5.74, 6) is -1.76. The summed E-state index contributed by atoms with van der Waals surface area (Å²) in [6.45, 7) is 0.764. The van der Waals surface area contributed by atoms with Gasteiger partial charge in [-0.15, -0.1) is 0 Å². The van der Waals surface area contributed by atoms with E-state index in [0.29, 0.717) is 0 Å². The largest absolute Gasteiger partial charge is 0.481 e. The zero-order valence-corrected chi connectivity index (χ0v) is 9.17. The van der Waals surface area contributed by atoms with Gasteiger partial charge in [-0.1, -0.05) is 6.92 Å². The fraction of sp³-hybridized carbons (Fsp3) is 0.778. The third kappa shape index (κ3) is 20.7. The summed E-state index contributed by atoms with van der Waals surface area (Å²) in [5.41, 5.74) is 0. The fourth-order valence-corrected chi connectivity index (χ4v) is 0.491. The molecule has 0 heterocycles. The highest BCUT2D eigenvalue weighted by atomic mass is 19.3. The Morgan fingerprint density at radius 2 is 1.71 bits per heavy atom. The SMILES string of the molecule is CCC(=O)OCC(F)F.O=C(O)CCC(F)F. The van der Waals surface area contributed by atoms with Crippen molar-refractivity contribution in [3.8, 4) is 0 Å². The zero-order chi connectivity index (χ0) is 13.8. The minimum atomic E-state index is -2.56. The van der Waals surface area contributed by atoms with Gasteiger partial charge < -0.3 is 9.84 Å². The molecule has 0 saturated carbocycles. The molecule has 0 spiro atoms. The van der Waals surface area contributed by atoms with E-state index in [4.69, 9.17) is 5.11 Å². The summed E-state index contributed by atoms with van der Waals surface area (Å²) < 4.78 is 48.8. The first-order chi connectivity index (χ1) is 7.79. The second-order valence-corrected chi connectivity index (χ2v) is 2.75. The molecule has 0 fully saturated rings. The third-order valence-corrected chi connectivity index (χ3v) is 1.24. The lowest BCUT2D eigenvalue weighted by Crippen LogP contribution is -2.09. The van der Waals surface area contributed by atoms with Crippen molar-refractivity contribution in [2.45, 2.75) is 39.0 Å². The van der Waals surface area contributed by atoms with Gasteiger partial charge in [0, 0.05) is 12.8 Å². The molecule has 8 heteroatoms. The third-order valence-electron chi connectivity index (χ3n) is 1.24. The molecule has 0 aliphatic rings. The van der Waals surface area contributed by atoms with Gasteiger partial charge in [-0.2, -0.15) is 0 Å². The molecule has 1 N–H and O–H groups in total. The monoisotopic (exact) mass is 262 g/mol. The molecule has 0 radical (unpaired) electrons. The van der Waals surface area contributed by atoms with E-state index in [0.717, 1.165) is 0 Å². The summed E-state index contributed by atoms with van der Waals surface area (Å²) >= 11 is 0. The Labute approximate surface area is 95.6 Å². The number of ether oxygens (including phenoxy) is 1. The molecule has 0 unspecified atom stereocenters. The minimum Gasteiger partial charge on any atom is -0.481 e. The quantitative estimate of drug-likeness (QED) is 0.589. The van der Waals surface area contributed by atoms with Crippen LogP contribution in [0.2, 0.25) is 0 Å². The van der Waals surface area contributed by atoms with E-state index in [1.165, 1.54) is 0 Å². The first-order valence-electron chi connectivity index (χ1n) is 4.73. The highest BCUT2D eigenvalue weighted by molar-refractivity contribution is 5.68. The van der Waals surface area contributed by atoms with E-state index < -0.39 is 44.2 Å². The molecule has 0 aromatic carbocycles. The van der Waals surface area contributed by atoms with Crippen LogP contribution in [0.5, 0.6) is 0 Å². The Bertz CT molecular complexity index is 221. The molecule has 0 aliphatic heterocycles. The summed E-state index contributed by atoms with van der Waals surface area (Å²) in [6, 6.07) is 0. The highest BCUT2D eigenvalue weighted by Gasteiger charge is 2.05. The molecule has 0 amide bonds. The lowest BCUT2D eigenvalue weighted by atomic mass is 10.3. The maximum Gasteiger partial charge on any atom is 0.305 e. The smallest absolute Gasteiger partial charge is 0.305 e. The number of alkyl halides is 4. The predicted molar refractivity (Wildman–Crippen MR) is 50.1 cm³/mol. The van der Waals surface area contributed by atoms with Crippen LogP contribution < -0.4 is 0 Å². The maximum atomic E-state index is 11.3. The Morgan fingerprint density at radius 3 is 1.94 bits per heavy atom. The van der Waals surface area contributed by atoms with Gasteiger partial charge >= 0.3 is 11.9 Å². The van der Waals surface area contributed by atoms with Crippen molar-refractivity contribution < 1.29 is 37.0 Å². The number of carboxylic acid groups (broad SMARTS) is 1. The number of carbonyl (C=O) groups excluding carboxylic acids is 1. The molecule has 0 aromatic heterocycles. The van der Waals surface area contributed by atoms with E-state index in [9.17, 15) is 27.2 Å². The Kier molecular flexibility index (Phi) is 11.8. The molecule has 0 atom stereocenters. The first-order valence-corrected chi connectivity index (χ1v) is 4.73. The number of carbonyl (C=O) groups is 2. The van der Waals surface area contributed by atoms with Crippen molar-refractivity contribution in [1.29, 1.82) is 0 Å². The summed E-state index contributed by atoms with van der Waals surface area (Å²) in [4.78, 5) is 19.7. The number of hydrogen-bond donors (Lipinski definition) is 1. The first kappa shape index (κ1) is 18.0. The average Bonchev–Trinajstić information content (AvgIpc) is 2.23. The van der Waals surface area contributed by atoms with Crippen LogP contribution in [0.3, 0.4) is 0 Å². The van der Waals surface area contributed by atoms with E-state index in [1.807, 2.05) is 0 Å². The van der Waals surface area contributed by atoms with Gasteiger partial charge in [-0.05, 0) is 0 Å². The van der Waals surface area contributed by atoms with Crippen LogP contribution in [0.25, 0.3) is 0 Å². The molecule has 4 nitrogen and oxygen atoms in total. The molecule has 0 bridgehead atoms. The minimum absolute atomic E-state index is 0.146. The van der Waals surface area contributed by atoms with E-state index in [1.54, 1.807) is 6.92 Å². The fourth-order valence-electron chi connectivity index (χ4n) is 0.491. The van der Waals surface area contributed by atoms with Crippen LogP contribution in [0.1, 0.15) is 26.2 Å². The second-order valence-electron chi connectivity index (χ2n) is 2.75. The van der Waals surface area contributed by atoms with E-state index >= 15 is 0 Å². The van der Waals surface area contributed by atoms with Crippen molar-refractivity contribution in [2.24, 2.45) is 0 Å². The molecule has 0 aromatic rings. The van der Waals surface area contributed by atoms with Crippen LogP contribution in [-0.4, -0.2) is 36.5 Å². The van der Waals surface area contributed by atoms with Gasteiger partial charge in [0.15, 0.2) is 6.61 Å². The lowest BCUT2D eigenvalue weighted by Gasteiger charge is -1.99. The Morgan fingerprint density at radius 1 is 1.18 bits per heavy atom. The number of aliphatic carboxylic acids is 1. The number of hydrogen-bond acceptors (Lipinski definition) is 3. The molecular weight excluding hydrogens is 248 g/mol. The number of esters is 1. The summed E-state index contributed by atoms with van der Waals surface area (Å²) in [5, 5.41) is 7.83. The summed E-state index contributed by atoms with van der Waals surface area (Å²) in [7, 11) is 0. The van der Waals surface area contributed by atoms with Crippen LogP contribution in [0, 0.1) is 0 Å². The van der Waals surface area contributed by atoms with Crippen LogP contribution in [-0.2, 0) is 14.3 Å². The van der Waals surface area contributed by atoms with Gasteiger partial charge in [0.2, 0.25) is 6.43 Å². The van der Waals surface area contributed by atoms with Gasteiger partial charge in [0.05, 0.1) is 6.42 Å². The van der Waals surface area contributed by atoms with Gasteiger partial charge in [-0.25, -0.2) is 17.6 Å². The lowest BCUT2D eigenvalue weighted by molar-refractivity contribution is -0.147. The Balaban J connectivity index is 0. The normalized spacial score (nSPS) is 9.82. The molecule has 17 heavy (non-hydrogen) atoms. The van der Waals surface area contributed by atoms with Crippen LogP contribution >= 0.6 is 0 Å². The van der Waals surface area contributed by atoms with Crippen LogP contribution in [0.15, 0.2) is 0 Å². The topological polar surface area (TPSA) is 63.6 Å². The average molecular weight is 262 g/mol. The van der Waals surface area contributed by atoms with Crippen molar-refractivity contribution in [3.63, 3.8) is 0 Å². The molecular formula is C9H14F4O4. The Hall–Kier alpha value is -1.34. The maximum absolute atomic E-state index is 11.3. The summed E-state index contributed by atoms with van der Waals surface area (Å²) in [6.07, 6.45) is -5.90. The molecule has 0 aliphatic carbocycles. The standard InChI is InChI=1S/C5H8F2O2.C4H6F2O2/c1-2-5(8)9-3-4(6)7;5-3(6)1-2-4(7)8/h4H,2-3H2,1H3;3H,1-2H2,(H,7,8). The number of rotatable bonds is 6. The van der Waals surface area contributed by atoms with E-state index in [2.05, 4.69) is 4.74 Å². The predicted octanol–water partition coefficient (Wildman–Crippen LogP) is 2.32. The van der Waals surface area contributed by atoms with Crippen molar-refractivity contribution >= 4 is 11.9 Å².